The van der Waals surface area contributed by atoms with Gasteiger partial charge in [0.2, 0.25) is 0 Å². The zero-order chi connectivity index (χ0) is 19.5. The van der Waals surface area contributed by atoms with Gasteiger partial charge in [-0.05, 0) is 26.8 Å². The fourth-order valence-electron chi connectivity index (χ4n) is 3.11. The van der Waals surface area contributed by atoms with Crippen LogP contribution in [0.15, 0.2) is 12.7 Å². The van der Waals surface area contributed by atoms with E-state index in [0.717, 1.165) is 6.54 Å². The number of esters is 1. The molecule has 0 rings (SSSR count). The number of carbonyl (C=O) groups is 1. The van der Waals surface area contributed by atoms with Crippen molar-refractivity contribution in [1.82, 2.24) is 5.32 Å². The van der Waals surface area contributed by atoms with E-state index in [1.165, 1.54) is 96.0 Å². The van der Waals surface area contributed by atoms with E-state index in [2.05, 4.69) is 32.7 Å². The van der Waals surface area contributed by atoms with Crippen molar-refractivity contribution in [1.29, 1.82) is 0 Å². The molecule has 3 heteroatoms. The maximum Gasteiger partial charge on any atom is 0.330 e. The van der Waals surface area contributed by atoms with Crippen molar-refractivity contribution in [3.8, 4) is 0 Å². The third-order valence-corrected chi connectivity index (χ3v) is 4.88. The van der Waals surface area contributed by atoms with Gasteiger partial charge >= 0.3 is 5.97 Å². The first kappa shape index (κ1) is 25.2. The SMILES string of the molecule is C=CC(=O)OCC(C)(C)NCCCCCCCCCCCCCCCC. The number of unbranched alkanes of at least 4 members (excludes halogenated alkanes) is 13. The quantitative estimate of drug-likeness (QED) is 0.159. The van der Waals surface area contributed by atoms with Crippen LogP contribution in [0.2, 0.25) is 0 Å². The van der Waals surface area contributed by atoms with Crippen molar-refractivity contribution in [2.24, 2.45) is 0 Å². The molecule has 0 aliphatic heterocycles. The lowest BCUT2D eigenvalue weighted by Gasteiger charge is -2.25. The molecule has 0 atom stereocenters. The van der Waals surface area contributed by atoms with E-state index in [-0.39, 0.29) is 11.5 Å². The largest absolute Gasteiger partial charge is 0.461 e. The molecule has 0 saturated carbocycles. The minimum Gasteiger partial charge on any atom is -0.461 e. The molecule has 0 bridgehead atoms. The van der Waals surface area contributed by atoms with Gasteiger partial charge in [-0.15, -0.1) is 0 Å². The minimum atomic E-state index is -0.351. The Balaban J connectivity index is 3.28. The standard InChI is InChI=1S/C23H45NO2/c1-5-7-8-9-10-11-12-13-14-15-16-17-18-19-20-24-23(3,4)21-26-22(25)6-2/h6,24H,2,5,7-21H2,1,3-4H3. The lowest BCUT2D eigenvalue weighted by atomic mass is 10.0. The highest BCUT2D eigenvalue weighted by Crippen LogP contribution is 2.13. The zero-order valence-corrected chi connectivity index (χ0v) is 17.9. The second-order valence-corrected chi connectivity index (χ2v) is 8.22. The molecule has 0 aromatic carbocycles. The number of rotatable bonds is 19. The molecule has 0 aliphatic carbocycles. The van der Waals surface area contributed by atoms with Gasteiger partial charge in [-0.1, -0.05) is 97.0 Å². The van der Waals surface area contributed by atoms with Crippen molar-refractivity contribution >= 4 is 5.97 Å². The van der Waals surface area contributed by atoms with Crippen LogP contribution in [0.4, 0.5) is 0 Å². The van der Waals surface area contributed by atoms with Crippen LogP contribution in [0, 0.1) is 0 Å². The number of ether oxygens (including phenoxy) is 1. The van der Waals surface area contributed by atoms with Gasteiger partial charge in [0.05, 0.1) is 0 Å². The third-order valence-electron chi connectivity index (χ3n) is 4.88. The first-order chi connectivity index (χ1) is 12.5. The van der Waals surface area contributed by atoms with Crippen LogP contribution in [0.5, 0.6) is 0 Å². The summed E-state index contributed by atoms with van der Waals surface area (Å²) in [5.41, 5.74) is -0.171. The van der Waals surface area contributed by atoms with Gasteiger partial charge in [0.1, 0.15) is 6.61 Å². The normalized spacial score (nSPS) is 11.5. The molecule has 154 valence electrons. The molecule has 0 heterocycles. The van der Waals surface area contributed by atoms with Crippen LogP contribution in [-0.2, 0) is 9.53 Å². The summed E-state index contributed by atoms with van der Waals surface area (Å²) in [5, 5.41) is 3.47. The summed E-state index contributed by atoms with van der Waals surface area (Å²) >= 11 is 0. The van der Waals surface area contributed by atoms with Gasteiger partial charge in [-0.2, -0.15) is 0 Å². The third kappa shape index (κ3) is 18.0. The smallest absolute Gasteiger partial charge is 0.330 e. The summed E-state index contributed by atoms with van der Waals surface area (Å²) < 4.78 is 5.11. The van der Waals surface area contributed by atoms with E-state index >= 15 is 0 Å². The Morgan fingerprint density at radius 2 is 1.27 bits per heavy atom. The molecule has 0 aliphatic rings. The molecule has 0 unspecified atom stereocenters. The Bertz CT molecular complexity index is 339. The molecule has 3 nitrogen and oxygen atoms in total. The molecule has 1 N–H and O–H groups in total. The van der Waals surface area contributed by atoms with Gasteiger partial charge in [-0.3, -0.25) is 0 Å². The highest BCUT2D eigenvalue weighted by atomic mass is 16.5. The number of hydrogen-bond donors (Lipinski definition) is 1. The summed E-state index contributed by atoms with van der Waals surface area (Å²) in [4.78, 5) is 11.1. The number of carbonyl (C=O) groups excluding carboxylic acids is 1. The monoisotopic (exact) mass is 367 g/mol. The first-order valence-electron chi connectivity index (χ1n) is 11.1. The molecule has 0 aromatic rings. The fourth-order valence-corrected chi connectivity index (χ4v) is 3.11. The molecular formula is C23H45NO2. The lowest BCUT2D eigenvalue weighted by Crippen LogP contribution is -2.44. The van der Waals surface area contributed by atoms with Gasteiger partial charge in [-0.25, -0.2) is 4.79 Å². The Morgan fingerprint density at radius 1 is 0.846 bits per heavy atom. The average Bonchev–Trinajstić information content (AvgIpc) is 2.63. The van der Waals surface area contributed by atoms with Crippen LogP contribution in [0.1, 0.15) is 111 Å². The van der Waals surface area contributed by atoms with E-state index in [9.17, 15) is 4.79 Å². The predicted molar refractivity (Wildman–Crippen MR) is 114 cm³/mol. The molecule has 26 heavy (non-hydrogen) atoms. The minimum absolute atomic E-state index is 0.171. The average molecular weight is 368 g/mol. The number of hydrogen-bond acceptors (Lipinski definition) is 3. The van der Waals surface area contributed by atoms with Crippen molar-refractivity contribution < 1.29 is 9.53 Å². The van der Waals surface area contributed by atoms with Gasteiger partial charge in [0.25, 0.3) is 0 Å². The van der Waals surface area contributed by atoms with E-state index < -0.39 is 0 Å². The Hall–Kier alpha value is -0.830. The number of nitrogens with one attached hydrogen (secondary N) is 1. The fraction of sp³-hybridized carbons (Fsp3) is 0.870. The van der Waals surface area contributed by atoms with Gasteiger partial charge in [0, 0.05) is 11.6 Å². The second-order valence-electron chi connectivity index (χ2n) is 8.22. The molecule has 0 spiro atoms. The maximum absolute atomic E-state index is 11.1. The Kier molecular flexibility index (Phi) is 17.0. The van der Waals surface area contributed by atoms with Crippen molar-refractivity contribution in [2.75, 3.05) is 13.2 Å². The van der Waals surface area contributed by atoms with Crippen molar-refractivity contribution in [2.45, 2.75) is 116 Å². The molecule has 0 amide bonds. The van der Waals surface area contributed by atoms with E-state index in [0.29, 0.717) is 6.61 Å². The summed E-state index contributed by atoms with van der Waals surface area (Å²) in [6.45, 7) is 11.2. The summed E-state index contributed by atoms with van der Waals surface area (Å²) in [6, 6.07) is 0. The van der Waals surface area contributed by atoms with Crippen LogP contribution >= 0.6 is 0 Å². The second kappa shape index (κ2) is 17.6. The lowest BCUT2D eigenvalue weighted by molar-refractivity contribution is -0.139. The molecular weight excluding hydrogens is 322 g/mol. The van der Waals surface area contributed by atoms with E-state index in [4.69, 9.17) is 4.74 Å². The van der Waals surface area contributed by atoms with E-state index in [1.54, 1.807) is 0 Å². The van der Waals surface area contributed by atoms with Crippen LogP contribution in [-0.4, -0.2) is 24.7 Å². The topological polar surface area (TPSA) is 38.3 Å². The Morgan fingerprint density at radius 3 is 1.69 bits per heavy atom. The summed E-state index contributed by atoms with van der Waals surface area (Å²) in [6.07, 6.45) is 20.6. The highest BCUT2D eigenvalue weighted by Gasteiger charge is 2.18. The molecule has 0 saturated heterocycles. The van der Waals surface area contributed by atoms with Crippen LogP contribution < -0.4 is 5.32 Å². The van der Waals surface area contributed by atoms with Crippen LogP contribution in [0.25, 0.3) is 0 Å². The van der Waals surface area contributed by atoms with Crippen LogP contribution in [0.3, 0.4) is 0 Å². The summed E-state index contributed by atoms with van der Waals surface area (Å²) in [5.74, 6) is -0.351. The molecule has 0 fully saturated rings. The first-order valence-corrected chi connectivity index (χ1v) is 11.1. The van der Waals surface area contributed by atoms with E-state index in [1.807, 2.05) is 0 Å². The maximum atomic E-state index is 11.1. The van der Waals surface area contributed by atoms with Gasteiger partial charge in [0.15, 0.2) is 0 Å². The van der Waals surface area contributed by atoms with Crippen molar-refractivity contribution in [3.63, 3.8) is 0 Å². The van der Waals surface area contributed by atoms with Crippen molar-refractivity contribution in [3.05, 3.63) is 12.7 Å². The Labute approximate surface area is 163 Å². The zero-order valence-electron chi connectivity index (χ0n) is 17.9. The molecule has 0 radical (unpaired) electrons. The van der Waals surface area contributed by atoms with Gasteiger partial charge < -0.3 is 10.1 Å². The highest BCUT2D eigenvalue weighted by molar-refractivity contribution is 5.81. The molecule has 0 aromatic heterocycles. The summed E-state index contributed by atoms with van der Waals surface area (Å²) in [7, 11) is 0. The predicted octanol–water partition coefficient (Wildman–Crippen LogP) is 6.57.